The Morgan fingerprint density at radius 2 is 1.52 bits per heavy atom. The molecule has 2 heteroatoms. The molecule has 1 aromatic carbocycles. The van der Waals surface area contributed by atoms with Crippen molar-refractivity contribution in [1.29, 1.82) is 0 Å². The van der Waals surface area contributed by atoms with Crippen LogP contribution in [0.5, 0.6) is 0 Å². The summed E-state index contributed by atoms with van der Waals surface area (Å²) in [5.74, 6) is 0.126. The minimum absolute atomic E-state index is 0.0153. The molecule has 0 radical (unpaired) electrons. The van der Waals surface area contributed by atoms with Gasteiger partial charge < -0.3 is 4.74 Å². The lowest BCUT2D eigenvalue weighted by atomic mass is 9.94. The first-order valence-corrected chi connectivity index (χ1v) is 10.5. The minimum Gasteiger partial charge on any atom is -0.457 e. The van der Waals surface area contributed by atoms with E-state index in [4.69, 9.17) is 4.74 Å². The van der Waals surface area contributed by atoms with Crippen molar-refractivity contribution in [1.82, 2.24) is 0 Å². The van der Waals surface area contributed by atoms with Crippen molar-refractivity contribution in [3.63, 3.8) is 0 Å². The Bertz CT molecular complexity index is 491. The first kappa shape index (κ1) is 20.0. The van der Waals surface area contributed by atoms with Gasteiger partial charge in [0.1, 0.15) is 6.10 Å². The number of carbonyl (C=O) groups is 1. The summed E-state index contributed by atoms with van der Waals surface area (Å²) in [5.41, 5.74) is 2.57. The maximum atomic E-state index is 12.1. The molecule has 1 aliphatic rings. The third-order valence-electron chi connectivity index (χ3n) is 5.42. The molecule has 2 nitrogen and oxygen atoms in total. The van der Waals surface area contributed by atoms with Crippen molar-refractivity contribution >= 4 is 5.97 Å². The molecule has 2 rings (SSSR count). The van der Waals surface area contributed by atoms with E-state index in [9.17, 15) is 4.79 Å². The number of carbonyl (C=O) groups excluding carboxylic acids is 1. The van der Waals surface area contributed by atoms with Gasteiger partial charge in [-0.15, -0.1) is 0 Å². The zero-order chi connectivity index (χ0) is 17.9. The van der Waals surface area contributed by atoms with E-state index in [1.54, 1.807) is 0 Å². The Morgan fingerprint density at radius 1 is 0.880 bits per heavy atom. The number of hydrogen-bond donors (Lipinski definition) is 0. The average molecular weight is 345 g/mol. The predicted octanol–water partition coefficient (Wildman–Crippen LogP) is 6.77. The van der Waals surface area contributed by atoms with Crippen LogP contribution in [0.4, 0.5) is 0 Å². The van der Waals surface area contributed by atoms with Crippen molar-refractivity contribution in [2.45, 2.75) is 97.0 Å². The molecule has 0 bridgehead atoms. The molecule has 1 saturated heterocycles. The van der Waals surface area contributed by atoms with Gasteiger partial charge in [-0.1, -0.05) is 89.5 Å². The molecule has 25 heavy (non-hydrogen) atoms. The molecule has 1 fully saturated rings. The molecular weight excluding hydrogens is 308 g/mol. The second-order valence-electron chi connectivity index (χ2n) is 7.61. The van der Waals surface area contributed by atoms with Crippen molar-refractivity contribution in [2.24, 2.45) is 5.92 Å². The number of esters is 1. The highest BCUT2D eigenvalue weighted by atomic mass is 16.5. The van der Waals surface area contributed by atoms with Crippen LogP contribution in [0, 0.1) is 5.92 Å². The summed E-state index contributed by atoms with van der Waals surface area (Å²) >= 11 is 0. The van der Waals surface area contributed by atoms with Crippen LogP contribution in [0.25, 0.3) is 0 Å². The lowest BCUT2D eigenvalue weighted by Gasteiger charge is -2.10. The number of benzene rings is 1. The summed E-state index contributed by atoms with van der Waals surface area (Å²) < 4.78 is 5.64. The molecule has 0 amide bonds. The highest BCUT2D eigenvalue weighted by Crippen LogP contribution is 2.36. The summed E-state index contributed by atoms with van der Waals surface area (Å²) in [4.78, 5) is 12.1. The number of rotatable bonds is 12. The van der Waals surface area contributed by atoms with Crippen molar-refractivity contribution in [3.8, 4) is 0 Å². The molecular formula is C23H36O2. The molecule has 1 heterocycles. The van der Waals surface area contributed by atoms with Crippen LogP contribution in [0.1, 0.15) is 102 Å². The normalized spacial score (nSPS) is 20.0. The lowest BCUT2D eigenvalue weighted by Crippen LogP contribution is -2.06. The number of cyclic esters (lactones) is 1. The van der Waals surface area contributed by atoms with Crippen LogP contribution in [0.3, 0.4) is 0 Å². The van der Waals surface area contributed by atoms with Gasteiger partial charge in [0, 0.05) is 6.42 Å². The van der Waals surface area contributed by atoms with Crippen molar-refractivity contribution in [3.05, 3.63) is 35.4 Å². The Labute approximate surface area is 154 Å². The predicted molar refractivity (Wildman–Crippen MR) is 105 cm³/mol. The monoisotopic (exact) mass is 344 g/mol. The summed E-state index contributed by atoms with van der Waals surface area (Å²) in [6.45, 7) is 4.47. The molecule has 2 atom stereocenters. The van der Waals surface area contributed by atoms with Gasteiger partial charge in [-0.2, -0.15) is 0 Å². The highest BCUT2D eigenvalue weighted by Gasteiger charge is 2.34. The van der Waals surface area contributed by atoms with Gasteiger partial charge in [-0.05, 0) is 30.4 Å². The molecule has 0 saturated carbocycles. The summed E-state index contributed by atoms with van der Waals surface area (Å²) in [6.07, 6.45) is 14.5. The van der Waals surface area contributed by atoms with Gasteiger partial charge >= 0.3 is 5.97 Å². The fourth-order valence-corrected chi connectivity index (χ4v) is 3.73. The van der Waals surface area contributed by atoms with Gasteiger partial charge in [0.15, 0.2) is 0 Å². The molecule has 0 spiro atoms. The summed E-state index contributed by atoms with van der Waals surface area (Å²) in [6, 6.07) is 8.77. The highest BCUT2D eigenvalue weighted by molar-refractivity contribution is 5.74. The van der Waals surface area contributed by atoms with Crippen molar-refractivity contribution < 1.29 is 9.53 Å². The Balaban J connectivity index is 1.75. The Hall–Kier alpha value is -1.31. The van der Waals surface area contributed by atoms with E-state index in [-0.39, 0.29) is 18.0 Å². The summed E-state index contributed by atoms with van der Waals surface area (Å²) in [7, 11) is 0. The fourth-order valence-electron chi connectivity index (χ4n) is 3.73. The van der Waals surface area contributed by atoms with Crippen LogP contribution >= 0.6 is 0 Å². The maximum absolute atomic E-state index is 12.1. The molecule has 0 aromatic heterocycles. The van der Waals surface area contributed by atoms with Crippen LogP contribution in [0.2, 0.25) is 0 Å². The third-order valence-corrected chi connectivity index (χ3v) is 5.42. The largest absolute Gasteiger partial charge is 0.457 e. The third kappa shape index (κ3) is 6.84. The SMILES string of the molecule is CCCCCCCc1ccc([C@@H]2C[C@@H](CCCCCC)C(=O)O2)cc1. The van der Waals surface area contributed by atoms with Crippen molar-refractivity contribution in [2.75, 3.05) is 0 Å². The van der Waals surface area contributed by atoms with Crippen LogP contribution in [-0.4, -0.2) is 5.97 Å². The zero-order valence-electron chi connectivity index (χ0n) is 16.3. The van der Waals surface area contributed by atoms with Gasteiger partial charge in [0.2, 0.25) is 0 Å². The number of aryl methyl sites for hydroxylation is 1. The Morgan fingerprint density at radius 3 is 2.20 bits per heavy atom. The molecule has 1 aromatic rings. The minimum atomic E-state index is -0.0257. The standard InChI is InChI=1S/C23H36O2/c1-3-5-7-9-10-12-19-14-16-20(17-15-19)22-18-21(23(24)25-22)13-11-8-6-4-2/h14-17,21-22H,3-13,18H2,1-2H3/t21-,22+/m1/s1. The average Bonchev–Trinajstić information content (AvgIpc) is 3.00. The van der Waals surface area contributed by atoms with Crippen LogP contribution in [-0.2, 0) is 16.0 Å². The lowest BCUT2D eigenvalue weighted by molar-refractivity contribution is -0.144. The zero-order valence-corrected chi connectivity index (χ0v) is 16.3. The molecule has 1 aliphatic heterocycles. The molecule has 0 unspecified atom stereocenters. The van der Waals surface area contributed by atoms with Gasteiger partial charge in [-0.3, -0.25) is 4.79 Å². The van der Waals surface area contributed by atoms with E-state index in [0.717, 1.165) is 25.7 Å². The van der Waals surface area contributed by atoms with Gasteiger partial charge in [-0.25, -0.2) is 0 Å². The van der Waals surface area contributed by atoms with Crippen LogP contribution < -0.4 is 0 Å². The van der Waals surface area contributed by atoms with E-state index in [0.29, 0.717) is 0 Å². The number of hydrogen-bond acceptors (Lipinski definition) is 2. The van der Waals surface area contributed by atoms with E-state index in [1.807, 2.05) is 0 Å². The second kappa shape index (κ2) is 11.3. The second-order valence-corrected chi connectivity index (χ2v) is 7.61. The Kier molecular flexibility index (Phi) is 9.07. The van der Waals surface area contributed by atoms with E-state index in [2.05, 4.69) is 38.1 Å². The first-order chi connectivity index (χ1) is 12.2. The molecule has 0 aliphatic carbocycles. The fraction of sp³-hybridized carbons (Fsp3) is 0.696. The van der Waals surface area contributed by atoms with Gasteiger partial charge in [0.05, 0.1) is 5.92 Å². The number of unbranched alkanes of at least 4 members (excludes halogenated alkanes) is 7. The smallest absolute Gasteiger partial charge is 0.309 e. The quantitative estimate of drug-likeness (QED) is 0.309. The van der Waals surface area contributed by atoms with Crippen LogP contribution in [0.15, 0.2) is 24.3 Å². The topological polar surface area (TPSA) is 26.3 Å². The van der Waals surface area contributed by atoms with E-state index < -0.39 is 0 Å². The van der Waals surface area contributed by atoms with E-state index >= 15 is 0 Å². The maximum Gasteiger partial charge on any atom is 0.309 e. The molecule has 0 N–H and O–H groups in total. The number of ether oxygens (including phenoxy) is 1. The first-order valence-electron chi connectivity index (χ1n) is 10.5. The van der Waals surface area contributed by atoms with Gasteiger partial charge in [0.25, 0.3) is 0 Å². The summed E-state index contributed by atoms with van der Waals surface area (Å²) in [5, 5.41) is 0. The molecule has 140 valence electrons. The van der Waals surface area contributed by atoms with E-state index in [1.165, 1.54) is 62.5 Å².